The standard InChI is InChI=1S/C18H22N2O3/c1-13-4-2-5-14(10-13)18(22)20-9-3-6-16(12-20)23-17-11-15(21)7-8-19-17/h2,5,7-8,10-11,13,16H,3-4,6,9,12H2,1H3,(H,19,21)/t13?,16-/m1/s1. The maximum atomic E-state index is 12.6. The van der Waals surface area contributed by atoms with Crippen LogP contribution in [0.1, 0.15) is 26.2 Å². The zero-order valence-electron chi connectivity index (χ0n) is 13.3. The number of nitrogens with one attached hydrogen (secondary N) is 1. The van der Waals surface area contributed by atoms with E-state index in [0.717, 1.165) is 31.4 Å². The molecule has 0 radical (unpaired) electrons. The van der Waals surface area contributed by atoms with E-state index in [1.165, 1.54) is 12.1 Å². The fourth-order valence-corrected chi connectivity index (χ4v) is 3.06. The van der Waals surface area contributed by atoms with Gasteiger partial charge in [-0.2, -0.15) is 0 Å². The lowest BCUT2D eigenvalue weighted by Crippen LogP contribution is -2.45. The third-order valence-electron chi connectivity index (χ3n) is 4.22. The summed E-state index contributed by atoms with van der Waals surface area (Å²) < 4.78 is 5.84. The largest absolute Gasteiger partial charge is 0.474 e. The van der Waals surface area contributed by atoms with E-state index in [0.29, 0.717) is 18.3 Å². The normalized spacial score (nSPS) is 24.2. The number of carbonyl (C=O) groups excluding carboxylic acids is 1. The van der Waals surface area contributed by atoms with Crippen LogP contribution >= 0.6 is 0 Å². The monoisotopic (exact) mass is 314 g/mol. The first-order valence-corrected chi connectivity index (χ1v) is 8.15. The van der Waals surface area contributed by atoms with Gasteiger partial charge in [0.05, 0.1) is 6.54 Å². The van der Waals surface area contributed by atoms with Crippen LogP contribution in [0.25, 0.3) is 0 Å². The Morgan fingerprint density at radius 1 is 1.43 bits per heavy atom. The predicted octanol–water partition coefficient (Wildman–Crippen LogP) is 2.27. The SMILES string of the molecule is CC1C=C(C(=O)N2CCC[C@@H](Oc3cc(=O)cc[nH]3)C2)C=CC1. The van der Waals surface area contributed by atoms with Crippen molar-refractivity contribution in [2.75, 3.05) is 13.1 Å². The summed E-state index contributed by atoms with van der Waals surface area (Å²) in [4.78, 5) is 28.8. The fourth-order valence-electron chi connectivity index (χ4n) is 3.06. The van der Waals surface area contributed by atoms with E-state index < -0.39 is 0 Å². The first kappa shape index (κ1) is 15.6. The third-order valence-corrected chi connectivity index (χ3v) is 4.22. The second-order valence-electron chi connectivity index (χ2n) is 6.26. The van der Waals surface area contributed by atoms with Gasteiger partial charge in [-0.05, 0) is 25.2 Å². The van der Waals surface area contributed by atoms with E-state index in [2.05, 4.69) is 18.0 Å². The van der Waals surface area contributed by atoms with Crippen molar-refractivity contribution >= 4 is 5.91 Å². The molecule has 5 nitrogen and oxygen atoms in total. The second kappa shape index (κ2) is 6.86. The Kier molecular flexibility index (Phi) is 4.65. The molecule has 1 aliphatic carbocycles. The van der Waals surface area contributed by atoms with Gasteiger partial charge in [0.15, 0.2) is 11.3 Å². The third kappa shape index (κ3) is 3.92. The molecule has 0 saturated carbocycles. The van der Waals surface area contributed by atoms with Crippen LogP contribution in [0.2, 0.25) is 0 Å². The average Bonchev–Trinajstić information content (AvgIpc) is 2.54. The summed E-state index contributed by atoms with van der Waals surface area (Å²) in [7, 11) is 0. The van der Waals surface area contributed by atoms with Gasteiger partial charge in [0.1, 0.15) is 6.10 Å². The Morgan fingerprint density at radius 3 is 3.09 bits per heavy atom. The molecule has 2 heterocycles. The molecule has 3 rings (SSSR count). The molecule has 23 heavy (non-hydrogen) atoms. The van der Waals surface area contributed by atoms with E-state index >= 15 is 0 Å². The Hall–Kier alpha value is -2.30. The first-order valence-electron chi connectivity index (χ1n) is 8.15. The summed E-state index contributed by atoms with van der Waals surface area (Å²) in [6, 6.07) is 2.89. The molecule has 1 aliphatic heterocycles. The highest BCUT2D eigenvalue weighted by molar-refractivity contribution is 5.96. The molecule has 2 atom stereocenters. The minimum Gasteiger partial charge on any atom is -0.474 e. The molecule has 1 aromatic heterocycles. The lowest BCUT2D eigenvalue weighted by atomic mass is 9.96. The highest BCUT2D eigenvalue weighted by Gasteiger charge is 2.27. The molecule has 1 saturated heterocycles. The van der Waals surface area contributed by atoms with Crippen LogP contribution in [-0.2, 0) is 4.79 Å². The summed E-state index contributed by atoms with van der Waals surface area (Å²) in [5.41, 5.74) is 0.687. The summed E-state index contributed by atoms with van der Waals surface area (Å²) in [6.45, 7) is 3.42. The average molecular weight is 314 g/mol. The van der Waals surface area contributed by atoms with Crippen LogP contribution in [0.5, 0.6) is 5.88 Å². The lowest BCUT2D eigenvalue weighted by molar-refractivity contribution is -0.129. The van der Waals surface area contributed by atoms with Gasteiger partial charge in [-0.3, -0.25) is 9.59 Å². The number of nitrogens with zero attached hydrogens (tertiary/aromatic N) is 1. The Bertz CT molecular complexity index is 690. The molecule has 0 bridgehead atoms. The number of H-pyrrole nitrogens is 1. The number of carbonyl (C=O) groups is 1. The summed E-state index contributed by atoms with van der Waals surface area (Å²) in [6.07, 6.45) is 10.3. The van der Waals surface area contributed by atoms with E-state index in [1.54, 1.807) is 6.20 Å². The lowest BCUT2D eigenvalue weighted by Gasteiger charge is -2.33. The van der Waals surface area contributed by atoms with Crippen molar-refractivity contribution in [2.24, 2.45) is 5.92 Å². The second-order valence-corrected chi connectivity index (χ2v) is 6.26. The minimum atomic E-state index is -0.0889. The van der Waals surface area contributed by atoms with Gasteiger partial charge in [0, 0.05) is 30.4 Å². The van der Waals surface area contributed by atoms with Crippen molar-refractivity contribution in [1.82, 2.24) is 9.88 Å². The van der Waals surface area contributed by atoms with E-state index in [9.17, 15) is 9.59 Å². The fraction of sp³-hybridized carbons (Fsp3) is 0.444. The Morgan fingerprint density at radius 2 is 2.30 bits per heavy atom. The van der Waals surface area contributed by atoms with E-state index in [1.807, 2.05) is 17.1 Å². The number of aromatic amines is 1. The number of hydrogen-bond acceptors (Lipinski definition) is 3. The number of piperidine rings is 1. The van der Waals surface area contributed by atoms with Crippen molar-refractivity contribution in [1.29, 1.82) is 0 Å². The number of pyridine rings is 1. The molecule has 5 heteroatoms. The Labute approximate surface area is 135 Å². The van der Waals surface area contributed by atoms with E-state index in [4.69, 9.17) is 4.74 Å². The van der Waals surface area contributed by atoms with Gasteiger partial charge in [0.25, 0.3) is 5.91 Å². The maximum absolute atomic E-state index is 12.6. The van der Waals surface area contributed by atoms with Gasteiger partial charge in [-0.15, -0.1) is 0 Å². The number of hydrogen-bond donors (Lipinski definition) is 1. The van der Waals surface area contributed by atoms with Gasteiger partial charge < -0.3 is 14.6 Å². The van der Waals surface area contributed by atoms with Crippen LogP contribution in [0, 0.1) is 5.92 Å². The highest BCUT2D eigenvalue weighted by atomic mass is 16.5. The molecule has 2 aliphatic rings. The van der Waals surface area contributed by atoms with E-state index in [-0.39, 0.29) is 17.4 Å². The molecule has 1 aromatic rings. The number of likely N-dealkylation sites (tertiary alicyclic amines) is 1. The number of ether oxygens (including phenoxy) is 1. The molecule has 0 spiro atoms. The van der Waals surface area contributed by atoms with Crippen LogP contribution in [0.4, 0.5) is 0 Å². The van der Waals surface area contributed by atoms with Crippen LogP contribution in [0.15, 0.2) is 46.9 Å². The number of aromatic nitrogens is 1. The van der Waals surface area contributed by atoms with Crippen molar-refractivity contribution in [3.05, 3.63) is 52.4 Å². The first-order chi connectivity index (χ1) is 11.1. The topological polar surface area (TPSA) is 62.4 Å². The van der Waals surface area contributed by atoms with Crippen LogP contribution < -0.4 is 10.2 Å². The molecule has 1 N–H and O–H groups in total. The summed E-state index contributed by atoms with van der Waals surface area (Å²) in [5, 5.41) is 0. The van der Waals surface area contributed by atoms with Gasteiger partial charge >= 0.3 is 0 Å². The van der Waals surface area contributed by atoms with Gasteiger partial charge in [0.2, 0.25) is 0 Å². The number of rotatable bonds is 3. The molecule has 1 unspecified atom stereocenters. The molecule has 1 fully saturated rings. The quantitative estimate of drug-likeness (QED) is 0.931. The maximum Gasteiger partial charge on any atom is 0.253 e. The molecule has 0 aromatic carbocycles. The molecular weight excluding hydrogens is 292 g/mol. The predicted molar refractivity (Wildman–Crippen MR) is 88.3 cm³/mol. The van der Waals surface area contributed by atoms with Gasteiger partial charge in [-0.1, -0.05) is 25.2 Å². The molecule has 122 valence electrons. The zero-order valence-corrected chi connectivity index (χ0v) is 13.3. The number of allylic oxidation sites excluding steroid dienone is 2. The Balaban J connectivity index is 1.65. The zero-order chi connectivity index (χ0) is 16.2. The number of amides is 1. The smallest absolute Gasteiger partial charge is 0.253 e. The van der Waals surface area contributed by atoms with Crippen LogP contribution in [0.3, 0.4) is 0 Å². The molecular formula is C18H22N2O3. The summed E-state index contributed by atoms with van der Waals surface area (Å²) in [5.74, 6) is 0.940. The van der Waals surface area contributed by atoms with Crippen molar-refractivity contribution in [3.63, 3.8) is 0 Å². The van der Waals surface area contributed by atoms with Crippen molar-refractivity contribution in [2.45, 2.75) is 32.3 Å². The minimum absolute atomic E-state index is 0.0719. The van der Waals surface area contributed by atoms with Gasteiger partial charge in [-0.25, -0.2) is 0 Å². The highest BCUT2D eigenvalue weighted by Crippen LogP contribution is 2.21. The van der Waals surface area contributed by atoms with Crippen molar-refractivity contribution < 1.29 is 9.53 Å². The molecule has 1 amide bonds. The summed E-state index contributed by atoms with van der Waals surface area (Å²) >= 11 is 0. The van der Waals surface area contributed by atoms with Crippen molar-refractivity contribution in [3.8, 4) is 5.88 Å². The van der Waals surface area contributed by atoms with Crippen LogP contribution in [-0.4, -0.2) is 35.0 Å².